The number of carbonyl (C=O) groups is 1. The van der Waals surface area contributed by atoms with Gasteiger partial charge in [-0.3, -0.25) is 4.79 Å². The molecule has 0 spiro atoms. The normalized spacial score (nSPS) is 10.2. The van der Waals surface area contributed by atoms with Gasteiger partial charge in [-0.15, -0.1) is 0 Å². The molecule has 0 saturated heterocycles. The number of ether oxygens (including phenoxy) is 1. The van der Waals surface area contributed by atoms with E-state index in [9.17, 15) is 4.79 Å². The minimum Gasteiger partial charge on any atom is -0.489 e. The van der Waals surface area contributed by atoms with Crippen molar-refractivity contribution in [2.75, 3.05) is 18.4 Å². The fourth-order valence-corrected chi connectivity index (χ4v) is 2.22. The van der Waals surface area contributed by atoms with Crippen LogP contribution in [-0.4, -0.2) is 19.0 Å². The van der Waals surface area contributed by atoms with Crippen LogP contribution in [0.25, 0.3) is 0 Å². The lowest BCUT2D eigenvalue weighted by molar-refractivity contribution is -0.120. The lowest BCUT2D eigenvalue weighted by atomic mass is 10.2. The minimum atomic E-state index is 0.0762. The third-order valence-electron chi connectivity index (χ3n) is 3.43. The average molecular weight is 347 g/mol. The molecule has 0 aliphatic rings. The maximum Gasteiger partial charge on any atom is 0.221 e. The molecular weight excluding hydrogens is 324 g/mol. The Hall–Kier alpha value is -2.20. The minimum absolute atomic E-state index is 0.0762. The van der Waals surface area contributed by atoms with Crippen molar-refractivity contribution in [1.29, 1.82) is 0 Å². The third kappa shape index (κ3) is 6.50. The molecule has 5 heteroatoms. The van der Waals surface area contributed by atoms with Crippen molar-refractivity contribution in [3.05, 3.63) is 59.1 Å². The Kier molecular flexibility index (Phi) is 7.43. The summed E-state index contributed by atoms with van der Waals surface area (Å²) in [5.74, 6) is 0.878. The van der Waals surface area contributed by atoms with Crippen LogP contribution < -0.4 is 15.4 Å². The van der Waals surface area contributed by atoms with Crippen molar-refractivity contribution in [3.8, 4) is 5.75 Å². The molecule has 2 aromatic rings. The predicted octanol–water partition coefficient (Wildman–Crippen LogP) is 4.25. The monoisotopic (exact) mass is 346 g/mol. The molecule has 0 atom stereocenters. The molecule has 0 fully saturated rings. The molecule has 0 aliphatic carbocycles. The lowest BCUT2D eigenvalue weighted by Crippen LogP contribution is -2.25. The topological polar surface area (TPSA) is 50.4 Å². The summed E-state index contributed by atoms with van der Waals surface area (Å²) in [4.78, 5) is 11.5. The number of hydrogen-bond acceptors (Lipinski definition) is 3. The van der Waals surface area contributed by atoms with E-state index in [-0.39, 0.29) is 5.91 Å². The van der Waals surface area contributed by atoms with E-state index in [1.165, 1.54) is 0 Å². The molecule has 2 aromatic carbocycles. The van der Waals surface area contributed by atoms with Crippen LogP contribution in [0.1, 0.15) is 25.3 Å². The number of hydrogen-bond donors (Lipinski definition) is 2. The second-order valence-corrected chi connectivity index (χ2v) is 5.90. The Morgan fingerprint density at radius 1 is 1.04 bits per heavy atom. The number of amides is 1. The molecule has 1 amide bonds. The van der Waals surface area contributed by atoms with Gasteiger partial charge in [0.05, 0.1) is 0 Å². The molecule has 0 radical (unpaired) electrons. The van der Waals surface area contributed by atoms with E-state index in [2.05, 4.69) is 10.6 Å². The fourth-order valence-electron chi connectivity index (χ4n) is 2.09. The number of carbonyl (C=O) groups excluding carboxylic acids is 1. The average Bonchev–Trinajstić information content (AvgIpc) is 2.60. The van der Waals surface area contributed by atoms with Gasteiger partial charge in [0.25, 0.3) is 0 Å². The van der Waals surface area contributed by atoms with Gasteiger partial charge in [-0.1, -0.05) is 30.7 Å². The number of anilines is 1. The maximum atomic E-state index is 11.5. The summed E-state index contributed by atoms with van der Waals surface area (Å²) in [7, 11) is 0. The molecule has 24 heavy (non-hydrogen) atoms. The van der Waals surface area contributed by atoms with E-state index >= 15 is 0 Å². The van der Waals surface area contributed by atoms with Crippen molar-refractivity contribution in [2.45, 2.75) is 26.4 Å². The van der Waals surface area contributed by atoms with Crippen LogP contribution in [0.4, 0.5) is 5.69 Å². The Morgan fingerprint density at radius 3 is 2.42 bits per heavy atom. The van der Waals surface area contributed by atoms with E-state index in [0.717, 1.165) is 35.0 Å². The SMILES string of the molecule is CCCNC(=O)CCNc1ccc(OCc2ccc(Cl)cc2)cc1. The standard InChI is InChI=1S/C19H23ClN2O2/c1-2-12-22-19(23)11-13-21-17-7-9-18(10-8-17)24-14-15-3-5-16(20)6-4-15/h3-10,21H,2,11-14H2,1H3,(H,22,23). The molecule has 0 bridgehead atoms. The highest BCUT2D eigenvalue weighted by molar-refractivity contribution is 6.30. The maximum absolute atomic E-state index is 11.5. The second kappa shape index (κ2) is 9.83. The van der Waals surface area contributed by atoms with Gasteiger partial charge in [-0.25, -0.2) is 0 Å². The molecule has 0 aromatic heterocycles. The number of rotatable bonds is 9. The van der Waals surface area contributed by atoms with Gasteiger partial charge < -0.3 is 15.4 Å². The van der Waals surface area contributed by atoms with Crippen LogP contribution in [0.3, 0.4) is 0 Å². The Labute approximate surface area is 148 Å². The zero-order valence-corrected chi connectivity index (χ0v) is 14.6. The second-order valence-electron chi connectivity index (χ2n) is 5.47. The Balaban J connectivity index is 1.72. The molecule has 2 N–H and O–H groups in total. The first-order valence-electron chi connectivity index (χ1n) is 8.15. The van der Waals surface area contributed by atoms with Crippen LogP contribution in [0.15, 0.2) is 48.5 Å². The summed E-state index contributed by atoms with van der Waals surface area (Å²) >= 11 is 5.86. The highest BCUT2D eigenvalue weighted by atomic mass is 35.5. The van der Waals surface area contributed by atoms with Gasteiger partial charge in [0.15, 0.2) is 0 Å². The van der Waals surface area contributed by atoms with Gasteiger partial charge >= 0.3 is 0 Å². The smallest absolute Gasteiger partial charge is 0.221 e. The van der Waals surface area contributed by atoms with Crippen LogP contribution >= 0.6 is 11.6 Å². The first-order chi connectivity index (χ1) is 11.7. The summed E-state index contributed by atoms with van der Waals surface area (Å²) in [5.41, 5.74) is 2.04. The van der Waals surface area contributed by atoms with Crippen molar-refractivity contribution < 1.29 is 9.53 Å². The van der Waals surface area contributed by atoms with Crippen LogP contribution in [0, 0.1) is 0 Å². The molecule has 0 saturated carbocycles. The first kappa shape index (κ1) is 18.1. The summed E-state index contributed by atoms with van der Waals surface area (Å²) in [6.45, 7) is 3.88. The summed E-state index contributed by atoms with van der Waals surface area (Å²) < 4.78 is 5.74. The molecule has 2 rings (SSSR count). The van der Waals surface area contributed by atoms with Crippen LogP contribution in [-0.2, 0) is 11.4 Å². The lowest BCUT2D eigenvalue weighted by Gasteiger charge is -2.09. The molecule has 4 nitrogen and oxygen atoms in total. The van der Waals surface area contributed by atoms with E-state index in [1.54, 1.807) is 0 Å². The molecule has 0 unspecified atom stereocenters. The summed E-state index contributed by atoms with van der Waals surface area (Å²) in [6, 6.07) is 15.3. The quantitative estimate of drug-likeness (QED) is 0.713. The zero-order chi connectivity index (χ0) is 17.2. The third-order valence-corrected chi connectivity index (χ3v) is 3.68. The van der Waals surface area contributed by atoms with Crippen molar-refractivity contribution in [3.63, 3.8) is 0 Å². The van der Waals surface area contributed by atoms with Gasteiger partial charge in [0, 0.05) is 30.2 Å². The van der Waals surface area contributed by atoms with Gasteiger partial charge in [-0.05, 0) is 48.4 Å². The highest BCUT2D eigenvalue weighted by Crippen LogP contribution is 2.17. The molecule has 0 heterocycles. The summed E-state index contributed by atoms with van der Waals surface area (Å²) in [6.07, 6.45) is 1.42. The zero-order valence-electron chi connectivity index (χ0n) is 13.8. The largest absolute Gasteiger partial charge is 0.489 e. The predicted molar refractivity (Wildman–Crippen MR) is 98.6 cm³/mol. The Morgan fingerprint density at radius 2 is 1.75 bits per heavy atom. The molecule has 128 valence electrons. The van der Waals surface area contributed by atoms with E-state index in [4.69, 9.17) is 16.3 Å². The molecular formula is C19H23ClN2O2. The summed E-state index contributed by atoms with van der Waals surface area (Å²) in [5, 5.41) is 6.80. The Bertz CT molecular complexity index is 627. The number of halogens is 1. The first-order valence-corrected chi connectivity index (χ1v) is 8.53. The van der Waals surface area contributed by atoms with Crippen molar-refractivity contribution in [2.24, 2.45) is 0 Å². The van der Waals surface area contributed by atoms with Gasteiger partial charge in [0.2, 0.25) is 5.91 Å². The van der Waals surface area contributed by atoms with E-state index in [0.29, 0.717) is 19.6 Å². The van der Waals surface area contributed by atoms with Crippen LogP contribution in [0.5, 0.6) is 5.75 Å². The number of benzene rings is 2. The van der Waals surface area contributed by atoms with Crippen molar-refractivity contribution in [1.82, 2.24) is 5.32 Å². The van der Waals surface area contributed by atoms with Crippen molar-refractivity contribution >= 4 is 23.2 Å². The van der Waals surface area contributed by atoms with E-state index in [1.807, 2.05) is 55.5 Å². The highest BCUT2D eigenvalue weighted by Gasteiger charge is 2.01. The van der Waals surface area contributed by atoms with Gasteiger partial charge in [0.1, 0.15) is 12.4 Å². The molecule has 0 aliphatic heterocycles. The number of nitrogens with one attached hydrogen (secondary N) is 2. The van der Waals surface area contributed by atoms with Crippen LogP contribution in [0.2, 0.25) is 5.02 Å². The van der Waals surface area contributed by atoms with Gasteiger partial charge in [-0.2, -0.15) is 0 Å². The fraction of sp³-hybridized carbons (Fsp3) is 0.316. The van der Waals surface area contributed by atoms with E-state index < -0.39 is 0 Å².